The fourth-order valence-corrected chi connectivity index (χ4v) is 2.25. The zero-order valence-electron chi connectivity index (χ0n) is 12.2. The molecule has 21 heavy (non-hydrogen) atoms. The number of halogens is 3. The van der Waals surface area contributed by atoms with E-state index in [2.05, 4.69) is 0 Å². The third kappa shape index (κ3) is 4.46. The Morgan fingerprint density at radius 2 is 2.00 bits per heavy atom. The second-order valence-corrected chi connectivity index (χ2v) is 4.73. The van der Waals surface area contributed by atoms with Crippen LogP contribution in [0.4, 0.5) is 13.2 Å². The Morgan fingerprint density at radius 3 is 2.48 bits per heavy atom. The number of aliphatic hydroxyl groups excluding tert-OH is 1. The summed E-state index contributed by atoms with van der Waals surface area (Å²) in [6.07, 6.45) is -4.02. The van der Waals surface area contributed by atoms with Crippen molar-refractivity contribution < 1.29 is 23.1 Å². The van der Waals surface area contributed by atoms with Crippen LogP contribution in [0.3, 0.4) is 0 Å². The van der Waals surface area contributed by atoms with E-state index in [1.54, 1.807) is 13.8 Å². The summed E-state index contributed by atoms with van der Waals surface area (Å²) < 4.78 is 38.3. The van der Waals surface area contributed by atoms with Crippen LogP contribution in [0.5, 0.6) is 0 Å². The van der Waals surface area contributed by atoms with Gasteiger partial charge in [-0.2, -0.15) is 13.2 Å². The van der Waals surface area contributed by atoms with Crippen molar-refractivity contribution in [3.05, 3.63) is 35.4 Å². The lowest BCUT2D eigenvalue weighted by Gasteiger charge is -2.25. The van der Waals surface area contributed by atoms with Gasteiger partial charge in [0.25, 0.3) is 0 Å². The number of carbonyl (C=O) groups is 1. The van der Waals surface area contributed by atoms with Crippen LogP contribution in [0.25, 0.3) is 0 Å². The van der Waals surface area contributed by atoms with Crippen LogP contribution in [0.2, 0.25) is 0 Å². The number of rotatable bonds is 6. The fraction of sp³-hybridized carbons (Fsp3) is 0.533. The minimum atomic E-state index is -4.42. The lowest BCUT2D eigenvalue weighted by molar-refractivity contribution is -0.138. The van der Waals surface area contributed by atoms with E-state index in [1.807, 2.05) is 0 Å². The van der Waals surface area contributed by atoms with E-state index in [1.165, 1.54) is 17.0 Å². The zero-order valence-corrected chi connectivity index (χ0v) is 12.2. The third-order valence-electron chi connectivity index (χ3n) is 3.39. The average molecular weight is 303 g/mol. The van der Waals surface area contributed by atoms with Crippen molar-refractivity contribution in [3.8, 4) is 0 Å². The molecule has 0 aromatic heterocycles. The summed E-state index contributed by atoms with van der Waals surface area (Å²) in [4.78, 5) is 13.8. The van der Waals surface area contributed by atoms with Crippen LogP contribution in [0, 0.1) is 0 Å². The maximum absolute atomic E-state index is 12.8. The van der Waals surface area contributed by atoms with Crippen molar-refractivity contribution in [1.82, 2.24) is 4.90 Å². The van der Waals surface area contributed by atoms with Crippen molar-refractivity contribution in [2.45, 2.75) is 32.4 Å². The Bertz CT molecular complexity index is 474. The summed E-state index contributed by atoms with van der Waals surface area (Å²) in [7, 11) is 0. The topological polar surface area (TPSA) is 40.5 Å². The first-order valence-corrected chi connectivity index (χ1v) is 6.91. The first-order valence-electron chi connectivity index (χ1n) is 6.91. The summed E-state index contributed by atoms with van der Waals surface area (Å²) in [6.45, 7) is 3.96. The van der Waals surface area contributed by atoms with Crippen LogP contribution >= 0.6 is 0 Å². The maximum Gasteiger partial charge on any atom is 0.416 e. The van der Waals surface area contributed by atoms with Gasteiger partial charge in [0, 0.05) is 13.1 Å². The highest BCUT2D eigenvalue weighted by Crippen LogP contribution is 2.32. The SMILES string of the molecule is CCC(C(=O)N(CC)CCO)c1cccc(C(F)(F)F)c1. The molecule has 0 aliphatic heterocycles. The molecule has 118 valence electrons. The van der Waals surface area contributed by atoms with E-state index in [0.29, 0.717) is 18.5 Å². The molecule has 1 atom stereocenters. The van der Waals surface area contributed by atoms with Crippen molar-refractivity contribution in [1.29, 1.82) is 0 Å². The molecule has 1 aromatic carbocycles. The number of nitrogens with zero attached hydrogens (tertiary/aromatic N) is 1. The van der Waals surface area contributed by atoms with Crippen LogP contribution in [0.15, 0.2) is 24.3 Å². The summed E-state index contributed by atoms with van der Waals surface area (Å²) in [6, 6.07) is 4.87. The van der Waals surface area contributed by atoms with Gasteiger partial charge in [-0.05, 0) is 25.0 Å². The molecule has 0 saturated carbocycles. The number of amides is 1. The predicted octanol–water partition coefficient (Wildman–Crippen LogP) is 3.04. The first-order chi connectivity index (χ1) is 9.85. The van der Waals surface area contributed by atoms with Gasteiger partial charge in [0.2, 0.25) is 5.91 Å². The van der Waals surface area contributed by atoms with Gasteiger partial charge >= 0.3 is 6.18 Å². The van der Waals surface area contributed by atoms with Crippen molar-refractivity contribution in [2.24, 2.45) is 0 Å². The molecule has 0 aliphatic rings. The van der Waals surface area contributed by atoms with Gasteiger partial charge in [-0.15, -0.1) is 0 Å². The van der Waals surface area contributed by atoms with Gasteiger partial charge in [0.1, 0.15) is 0 Å². The van der Waals surface area contributed by atoms with Crippen LogP contribution in [-0.4, -0.2) is 35.6 Å². The van der Waals surface area contributed by atoms with Gasteiger partial charge in [0.15, 0.2) is 0 Å². The van der Waals surface area contributed by atoms with E-state index in [9.17, 15) is 18.0 Å². The molecule has 0 heterocycles. The number of hydrogen-bond acceptors (Lipinski definition) is 2. The Balaban J connectivity index is 3.07. The van der Waals surface area contributed by atoms with Gasteiger partial charge in [-0.25, -0.2) is 0 Å². The van der Waals surface area contributed by atoms with Crippen LogP contribution in [-0.2, 0) is 11.0 Å². The number of aliphatic hydroxyl groups is 1. The van der Waals surface area contributed by atoms with Gasteiger partial charge < -0.3 is 10.0 Å². The van der Waals surface area contributed by atoms with Crippen LogP contribution < -0.4 is 0 Å². The molecule has 1 aromatic rings. The summed E-state index contributed by atoms with van der Waals surface area (Å²) >= 11 is 0. The number of carbonyl (C=O) groups excluding carboxylic acids is 1. The van der Waals surface area contributed by atoms with E-state index in [0.717, 1.165) is 12.1 Å². The van der Waals surface area contributed by atoms with Crippen LogP contribution in [0.1, 0.15) is 37.3 Å². The Hall–Kier alpha value is -1.56. The molecule has 6 heteroatoms. The predicted molar refractivity (Wildman–Crippen MR) is 73.8 cm³/mol. The molecule has 0 fully saturated rings. The van der Waals surface area contributed by atoms with Crippen molar-refractivity contribution in [2.75, 3.05) is 19.7 Å². The number of alkyl halides is 3. The molecule has 0 saturated heterocycles. The Labute approximate surface area is 122 Å². The van der Waals surface area contributed by atoms with Gasteiger partial charge in [-0.3, -0.25) is 4.79 Å². The lowest BCUT2D eigenvalue weighted by atomic mass is 9.93. The lowest BCUT2D eigenvalue weighted by Crippen LogP contribution is -2.37. The van der Waals surface area contributed by atoms with Gasteiger partial charge in [-0.1, -0.05) is 25.1 Å². The molecule has 1 N–H and O–H groups in total. The fourth-order valence-electron chi connectivity index (χ4n) is 2.25. The number of likely N-dealkylation sites (N-methyl/N-ethyl adjacent to an activating group) is 1. The van der Waals surface area contributed by atoms with Gasteiger partial charge in [0.05, 0.1) is 18.1 Å². The molecule has 0 aliphatic carbocycles. The molecule has 1 unspecified atom stereocenters. The summed E-state index contributed by atoms with van der Waals surface area (Å²) in [5.41, 5.74) is -0.398. The molecule has 3 nitrogen and oxygen atoms in total. The zero-order chi connectivity index (χ0) is 16.0. The highest BCUT2D eigenvalue weighted by Gasteiger charge is 2.32. The molecule has 0 spiro atoms. The highest BCUT2D eigenvalue weighted by atomic mass is 19.4. The monoisotopic (exact) mass is 303 g/mol. The first kappa shape index (κ1) is 17.5. The summed E-state index contributed by atoms with van der Waals surface area (Å²) in [5.74, 6) is -0.882. The number of hydrogen-bond donors (Lipinski definition) is 1. The minimum absolute atomic E-state index is 0.168. The molecular weight excluding hydrogens is 283 g/mol. The summed E-state index contributed by atoms with van der Waals surface area (Å²) in [5, 5.41) is 8.95. The molecule has 1 rings (SSSR count). The third-order valence-corrected chi connectivity index (χ3v) is 3.39. The molecular formula is C15H20F3NO2. The standard InChI is InChI=1S/C15H20F3NO2/c1-3-13(14(21)19(4-2)8-9-20)11-6-5-7-12(10-11)15(16,17)18/h5-7,10,13,20H,3-4,8-9H2,1-2H3. The average Bonchev–Trinajstić information content (AvgIpc) is 2.44. The van der Waals surface area contributed by atoms with E-state index >= 15 is 0 Å². The highest BCUT2D eigenvalue weighted by molar-refractivity contribution is 5.83. The molecule has 0 radical (unpaired) electrons. The molecule has 0 bridgehead atoms. The van der Waals surface area contributed by atoms with Crippen molar-refractivity contribution in [3.63, 3.8) is 0 Å². The quantitative estimate of drug-likeness (QED) is 0.877. The Morgan fingerprint density at radius 1 is 1.33 bits per heavy atom. The number of benzene rings is 1. The maximum atomic E-state index is 12.8. The van der Waals surface area contributed by atoms with E-state index < -0.39 is 17.7 Å². The molecule has 1 amide bonds. The van der Waals surface area contributed by atoms with Crippen molar-refractivity contribution >= 4 is 5.91 Å². The second kappa shape index (κ2) is 7.45. The van der Waals surface area contributed by atoms with E-state index in [-0.39, 0.29) is 19.1 Å². The minimum Gasteiger partial charge on any atom is -0.395 e. The normalized spacial score (nSPS) is 13.0. The van der Waals surface area contributed by atoms with E-state index in [4.69, 9.17) is 5.11 Å². The smallest absolute Gasteiger partial charge is 0.395 e. The second-order valence-electron chi connectivity index (χ2n) is 4.73. The Kier molecular flexibility index (Phi) is 6.20. The largest absolute Gasteiger partial charge is 0.416 e.